The zero-order chi connectivity index (χ0) is 25.0. The molecule has 0 heterocycles. The largest absolute Gasteiger partial charge is 0.481 e. The molecule has 0 aliphatic carbocycles. The molecule has 0 aromatic heterocycles. The van der Waals surface area contributed by atoms with Gasteiger partial charge in [-0.15, -0.1) is 0 Å². The number of aliphatic hydroxyl groups excluding tert-OH is 1. The number of carboxylic acids is 2. The molecule has 5 atom stereocenters. The Kier molecular flexibility index (Phi) is 13.1. The number of nitrogens with two attached hydrogens (primary N) is 2. The Morgan fingerprint density at radius 2 is 1.41 bits per heavy atom. The molecule has 0 saturated carbocycles. The summed E-state index contributed by atoms with van der Waals surface area (Å²) in [5.74, 6) is -5.94. The topological polar surface area (TPSA) is 234 Å². The first-order chi connectivity index (χ1) is 14.8. The minimum absolute atomic E-state index is 0.357. The van der Waals surface area contributed by atoms with Crippen molar-refractivity contribution in [1.82, 2.24) is 16.0 Å². The van der Waals surface area contributed by atoms with E-state index in [4.69, 9.17) is 21.7 Å². The number of nitrogens with one attached hydrogen (secondary N) is 3. The van der Waals surface area contributed by atoms with Crippen molar-refractivity contribution in [1.29, 1.82) is 0 Å². The van der Waals surface area contributed by atoms with Gasteiger partial charge in [0.1, 0.15) is 12.1 Å². The molecule has 10 N–H and O–H groups in total. The highest BCUT2D eigenvalue weighted by molar-refractivity contribution is 5.95. The quantitative estimate of drug-likeness (QED) is 0.119. The van der Waals surface area contributed by atoms with Gasteiger partial charge in [-0.1, -0.05) is 20.3 Å². The second-order valence-corrected chi connectivity index (χ2v) is 7.85. The number of amides is 3. The predicted octanol–water partition coefficient (Wildman–Crippen LogP) is -2.51. The van der Waals surface area contributed by atoms with Crippen molar-refractivity contribution in [3.8, 4) is 0 Å². The number of unbranched alkanes of at least 4 members (excludes halogenated alkanes) is 1. The van der Waals surface area contributed by atoms with Crippen molar-refractivity contribution >= 4 is 29.7 Å². The summed E-state index contributed by atoms with van der Waals surface area (Å²) >= 11 is 0. The van der Waals surface area contributed by atoms with Gasteiger partial charge in [-0.3, -0.25) is 19.2 Å². The van der Waals surface area contributed by atoms with E-state index in [1.807, 2.05) is 5.32 Å². The fourth-order valence-corrected chi connectivity index (χ4v) is 2.72. The number of aliphatic carboxylic acids is 2. The summed E-state index contributed by atoms with van der Waals surface area (Å²) in [6, 6.07) is -5.35. The molecule has 0 saturated heterocycles. The van der Waals surface area contributed by atoms with Gasteiger partial charge in [-0.2, -0.15) is 0 Å². The molecule has 3 amide bonds. The molecule has 0 spiro atoms. The van der Waals surface area contributed by atoms with Crippen LogP contribution in [0.2, 0.25) is 0 Å². The summed E-state index contributed by atoms with van der Waals surface area (Å²) in [6.45, 7) is 4.84. The zero-order valence-electron chi connectivity index (χ0n) is 18.5. The summed E-state index contributed by atoms with van der Waals surface area (Å²) in [5.41, 5.74) is 11.2. The highest BCUT2D eigenvalue weighted by Gasteiger charge is 2.33. The lowest BCUT2D eigenvalue weighted by atomic mass is 10.0. The minimum Gasteiger partial charge on any atom is -0.481 e. The highest BCUT2D eigenvalue weighted by Crippen LogP contribution is 2.06. The maximum atomic E-state index is 12.7. The summed E-state index contributed by atoms with van der Waals surface area (Å²) in [6.07, 6.45) is -0.652. The van der Waals surface area contributed by atoms with Crippen LogP contribution in [-0.2, 0) is 24.0 Å². The van der Waals surface area contributed by atoms with E-state index in [0.29, 0.717) is 25.8 Å². The van der Waals surface area contributed by atoms with E-state index in [1.54, 1.807) is 13.8 Å². The number of carboxylic acid groups (broad SMARTS) is 2. The lowest BCUT2D eigenvalue weighted by Crippen LogP contribution is -2.59. The van der Waals surface area contributed by atoms with Crippen molar-refractivity contribution in [2.24, 2.45) is 17.4 Å². The number of hydrogen-bond acceptors (Lipinski definition) is 8. The first-order valence-electron chi connectivity index (χ1n) is 10.3. The lowest BCUT2D eigenvalue weighted by molar-refractivity contribution is -0.146. The van der Waals surface area contributed by atoms with Crippen molar-refractivity contribution in [2.45, 2.75) is 76.7 Å². The van der Waals surface area contributed by atoms with E-state index in [-0.39, 0.29) is 0 Å². The normalized spacial score (nSPS) is 15.7. The van der Waals surface area contributed by atoms with Crippen LogP contribution < -0.4 is 27.4 Å². The third-order valence-electron chi connectivity index (χ3n) is 4.61. The van der Waals surface area contributed by atoms with E-state index in [9.17, 15) is 29.1 Å². The maximum Gasteiger partial charge on any atom is 0.328 e. The molecular weight excluding hydrogens is 426 g/mol. The molecule has 0 radical (unpaired) electrons. The average Bonchev–Trinajstić information content (AvgIpc) is 2.67. The molecule has 0 bridgehead atoms. The van der Waals surface area contributed by atoms with Gasteiger partial charge in [-0.05, 0) is 32.2 Å². The van der Waals surface area contributed by atoms with Crippen LogP contribution in [0.4, 0.5) is 0 Å². The highest BCUT2D eigenvalue weighted by atomic mass is 16.4. The van der Waals surface area contributed by atoms with Gasteiger partial charge in [0.25, 0.3) is 0 Å². The first-order valence-corrected chi connectivity index (χ1v) is 10.3. The molecule has 0 aliphatic rings. The first kappa shape index (κ1) is 29.2. The van der Waals surface area contributed by atoms with E-state index >= 15 is 0 Å². The van der Waals surface area contributed by atoms with Crippen LogP contribution in [0.25, 0.3) is 0 Å². The Balaban J connectivity index is 5.35. The molecule has 13 heteroatoms. The molecule has 0 aromatic carbocycles. The van der Waals surface area contributed by atoms with Gasteiger partial charge < -0.3 is 42.7 Å². The molecular formula is C19H35N5O8. The maximum absolute atomic E-state index is 12.7. The Hall–Kier alpha value is -2.77. The van der Waals surface area contributed by atoms with E-state index in [0.717, 1.165) is 6.92 Å². The van der Waals surface area contributed by atoms with Crippen LogP contribution in [0.3, 0.4) is 0 Å². The zero-order valence-corrected chi connectivity index (χ0v) is 18.5. The second-order valence-electron chi connectivity index (χ2n) is 7.85. The molecule has 0 aliphatic heterocycles. The number of carbonyl (C=O) groups excluding carboxylic acids is 3. The minimum atomic E-state index is -1.71. The molecule has 13 nitrogen and oxygen atoms in total. The van der Waals surface area contributed by atoms with Crippen LogP contribution >= 0.6 is 0 Å². The summed E-state index contributed by atoms with van der Waals surface area (Å²) in [7, 11) is 0. The Bertz CT molecular complexity index is 670. The van der Waals surface area contributed by atoms with Gasteiger partial charge in [0.15, 0.2) is 6.04 Å². The summed E-state index contributed by atoms with van der Waals surface area (Å²) in [4.78, 5) is 59.8. The monoisotopic (exact) mass is 461 g/mol. The summed E-state index contributed by atoms with van der Waals surface area (Å²) in [5, 5.41) is 34.4. The number of rotatable bonds is 15. The smallest absolute Gasteiger partial charge is 0.328 e. The number of aliphatic hydroxyl groups is 1. The average molecular weight is 462 g/mol. The molecule has 0 rings (SSSR count). The predicted molar refractivity (Wildman–Crippen MR) is 113 cm³/mol. The fourth-order valence-electron chi connectivity index (χ4n) is 2.72. The number of carbonyl (C=O) groups is 5. The molecule has 0 aromatic rings. The third kappa shape index (κ3) is 10.5. The van der Waals surface area contributed by atoms with E-state index in [2.05, 4.69) is 10.6 Å². The molecule has 0 fully saturated rings. The molecule has 32 heavy (non-hydrogen) atoms. The van der Waals surface area contributed by atoms with E-state index < -0.39 is 72.3 Å². The van der Waals surface area contributed by atoms with E-state index in [1.165, 1.54) is 0 Å². The van der Waals surface area contributed by atoms with Gasteiger partial charge >= 0.3 is 11.9 Å². The Morgan fingerprint density at radius 1 is 0.844 bits per heavy atom. The van der Waals surface area contributed by atoms with Crippen LogP contribution in [0.5, 0.6) is 0 Å². The van der Waals surface area contributed by atoms with Crippen LogP contribution in [0, 0.1) is 5.92 Å². The van der Waals surface area contributed by atoms with Crippen molar-refractivity contribution in [3.05, 3.63) is 0 Å². The third-order valence-corrected chi connectivity index (χ3v) is 4.61. The van der Waals surface area contributed by atoms with Gasteiger partial charge in [-0.25, -0.2) is 4.79 Å². The van der Waals surface area contributed by atoms with Crippen LogP contribution in [0.15, 0.2) is 0 Å². The van der Waals surface area contributed by atoms with Gasteiger partial charge in [0.05, 0.1) is 18.6 Å². The van der Waals surface area contributed by atoms with Gasteiger partial charge in [0, 0.05) is 0 Å². The number of hydrogen-bond donors (Lipinski definition) is 8. The Morgan fingerprint density at radius 3 is 1.84 bits per heavy atom. The van der Waals surface area contributed by atoms with Crippen molar-refractivity contribution in [3.63, 3.8) is 0 Å². The van der Waals surface area contributed by atoms with Crippen molar-refractivity contribution < 1.29 is 39.3 Å². The Labute approximate surface area is 186 Å². The van der Waals surface area contributed by atoms with Gasteiger partial charge in [0.2, 0.25) is 17.7 Å². The molecule has 184 valence electrons. The van der Waals surface area contributed by atoms with Crippen molar-refractivity contribution in [2.75, 3.05) is 6.54 Å². The van der Waals surface area contributed by atoms with Crippen LogP contribution in [0.1, 0.15) is 46.5 Å². The lowest BCUT2D eigenvalue weighted by Gasteiger charge is -2.26. The standard InChI is InChI=1S/C19H35N5O8/c1-9(2)14(23-16(28)11(21)6-4-5-7-20)18(30)22-12(8-13(26)27)17(29)24-15(10(3)25)19(31)32/h9-12,14-15,25H,4-8,20-21H2,1-3H3,(H,22,30)(H,23,28)(H,24,29)(H,26,27)(H,31,32). The summed E-state index contributed by atoms with van der Waals surface area (Å²) < 4.78 is 0. The van der Waals surface area contributed by atoms with Crippen LogP contribution in [-0.4, -0.2) is 81.8 Å². The fraction of sp³-hybridized carbons (Fsp3) is 0.737. The SMILES string of the molecule is CC(C)C(NC(=O)C(N)CCCCN)C(=O)NC(CC(=O)O)C(=O)NC(C(=O)O)C(C)O. The second kappa shape index (κ2) is 14.3. The molecule has 5 unspecified atom stereocenters.